The predicted octanol–water partition coefficient (Wildman–Crippen LogP) is 6.77. The summed E-state index contributed by atoms with van der Waals surface area (Å²) >= 11 is 5.68. The van der Waals surface area contributed by atoms with Gasteiger partial charge in [0.2, 0.25) is 0 Å². The number of hydrogen-bond donors (Lipinski definition) is 0. The molecule has 5 heterocycles. The molecule has 0 amide bonds. The van der Waals surface area contributed by atoms with Gasteiger partial charge >= 0.3 is 11.4 Å². The molecule has 2 atom stereocenters. The normalized spacial score (nSPS) is 14.5. The molecule has 1 aliphatic heterocycles. The first kappa shape index (κ1) is 37.5. The second-order valence-electron chi connectivity index (χ2n) is 13.1. The topological polar surface area (TPSA) is 112 Å². The van der Waals surface area contributed by atoms with Gasteiger partial charge < -0.3 is 9.80 Å². The van der Waals surface area contributed by atoms with Crippen molar-refractivity contribution in [3.8, 4) is 11.6 Å². The summed E-state index contributed by atoms with van der Waals surface area (Å²) in [6.45, 7) is 16.4. The lowest BCUT2D eigenvalue weighted by Gasteiger charge is -2.37. The zero-order chi connectivity index (χ0) is 35.9. The summed E-state index contributed by atoms with van der Waals surface area (Å²) in [5.74, 6) is 1.93. The van der Waals surface area contributed by atoms with Crippen LogP contribution < -0.4 is 21.2 Å². The molecule has 0 spiro atoms. The number of nitrogens with zero attached hydrogens (tertiary/aromatic N) is 10. The molecule has 6 rings (SSSR count). The van der Waals surface area contributed by atoms with Crippen molar-refractivity contribution in [2.24, 2.45) is 11.8 Å². The Morgan fingerprint density at radius 3 is 1.50 bits per heavy atom. The lowest BCUT2D eigenvalue weighted by atomic mass is 10.0. The summed E-state index contributed by atoms with van der Waals surface area (Å²) in [6.07, 6.45) is 8.46. The van der Waals surface area contributed by atoms with Gasteiger partial charge in [-0.3, -0.25) is 0 Å². The summed E-state index contributed by atoms with van der Waals surface area (Å²) in [7, 11) is 0. The number of anilines is 2. The average Bonchev–Trinajstić information content (AvgIpc) is 3.68. The predicted molar refractivity (Wildman–Crippen MR) is 211 cm³/mol. The summed E-state index contributed by atoms with van der Waals surface area (Å²) < 4.78 is 8.29. The fourth-order valence-corrected chi connectivity index (χ4v) is 6.93. The fourth-order valence-electron chi connectivity index (χ4n) is 6.35. The molecule has 0 radical (unpaired) electrons. The Morgan fingerprint density at radius 1 is 0.660 bits per heavy atom. The van der Waals surface area contributed by atoms with E-state index >= 15 is 0 Å². The van der Waals surface area contributed by atoms with Crippen molar-refractivity contribution < 1.29 is 0 Å². The molecule has 266 valence electrons. The van der Waals surface area contributed by atoms with Gasteiger partial charge in [-0.05, 0) is 95.8 Å². The molecule has 12 nitrogen and oxygen atoms in total. The van der Waals surface area contributed by atoms with Crippen molar-refractivity contribution in [1.82, 2.24) is 38.7 Å². The Hall–Kier alpha value is -3.79. The van der Waals surface area contributed by atoms with E-state index in [1.807, 2.05) is 30.5 Å². The van der Waals surface area contributed by atoms with Crippen LogP contribution in [0.2, 0.25) is 0 Å². The average molecular weight is 858 g/mol. The molecule has 5 aromatic rings. The standard InChI is InChI=1S/C23H29BrN6O.C13H17IN4O/c1-4-21(17(2)3)30-23(31)29(16-26-30)22-10-9-20(15-25-22)28-13-11-27(12-14-28)19-7-5-18(24)6-8-19;1-4-11(9(2)3)18-13(19)17(8-16-18)12-6-5-10(14)7-15-12/h5-10,15-17,21H,4,11-14H2,1-3H3;5-9,11H,4H2,1-3H3/t21-;11-/m00/s1. The van der Waals surface area contributed by atoms with E-state index in [9.17, 15) is 9.59 Å². The maximum Gasteiger partial charge on any atom is 0.351 e. The smallest absolute Gasteiger partial charge is 0.351 e. The number of rotatable bonds is 10. The van der Waals surface area contributed by atoms with Crippen LogP contribution in [-0.4, -0.2) is 64.8 Å². The molecular weight excluding hydrogens is 811 g/mol. The molecule has 1 aromatic carbocycles. The monoisotopic (exact) mass is 856 g/mol. The summed E-state index contributed by atoms with van der Waals surface area (Å²) in [5, 5.41) is 8.58. The van der Waals surface area contributed by atoms with Crippen molar-refractivity contribution in [2.75, 3.05) is 36.0 Å². The highest BCUT2D eigenvalue weighted by Gasteiger charge is 2.21. The molecule has 14 heteroatoms. The minimum Gasteiger partial charge on any atom is -0.368 e. The van der Waals surface area contributed by atoms with Crippen LogP contribution in [-0.2, 0) is 0 Å². The van der Waals surface area contributed by atoms with E-state index < -0.39 is 0 Å². The molecule has 1 saturated heterocycles. The Kier molecular flexibility index (Phi) is 12.7. The fraction of sp³-hybridized carbons (Fsp3) is 0.444. The second-order valence-corrected chi connectivity index (χ2v) is 15.2. The summed E-state index contributed by atoms with van der Waals surface area (Å²) in [5.41, 5.74) is 2.06. The first-order valence-corrected chi connectivity index (χ1v) is 19.1. The largest absolute Gasteiger partial charge is 0.368 e. The molecule has 0 unspecified atom stereocenters. The molecule has 50 heavy (non-hydrogen) atoms. The molecule has 1 aliphatic rings. The molecule has 0 aliphatic carbocycles. The molecule has 0 saturated carbocycles. The molecule has 1 fully saturated rings. The molecule has 0 bridgehead atoms. The van der Waals surface area contributed by atoms with Crippen molar-refractivity contribution in [3.05, 3.63) is 103 Å². The highest BCUT2D eigenvalue weighted by atomic mass is 127. The van der Waals surface area contributed by atoms with E-state index in [2.05, 4.69) is 134 Å². The number of piperazine rings is 1. The Morgan fingerprint density at radius 2 is 1.10 bits per heavy atom. The van der Waals surface area contributed by atoms with Gasteiger partial charge in [-0.2, -0.15) is 10.2 Å². The maximum absolute atomic E-state index is 12.9. The number of pyridine rings is 2. The second kappa shape index (κ2) is 16.9. The van der Waals surface area contributed by atoms with Gasteiger partial charge in [0.25, 0.3) is 0 Å². The zero-order valence-electron chi connectivity index (χ0n) is 29.5. The van der Waals surface area contributed by atoms with E-state index in [1.54, 1.807) is 28.2 Å². The number of hydrogen-bond acceptors (Lipinski definition) is 8. The highest BCUT2D eigenvalue weighted by molar-refractivity contribution is 14.1. The highest BCUT2D eigenvalue weighted by Crippen LogP contribution is 2.23. The number of halogens is 2. The van der Waals surface area contributed by atoms with E-state index in [4.69, 9.17) is 0 Å². The molecular formula is C36H46BrIN10O2. The first-order chi connectivity index (χ1) is 24.0. The molecule has 0 N–H and O–H groups in total. The van der Waals surface area contributed by atoms with Crippen LogP contribution >= 0.6 is 38.5 Å². The number of aromatic nitrogens is 8. The van der Waals surface area contributed by atoms with E-state index in [0.717, 1.165) is 52.8 Å². The minimum absolute atomic E-state index is 0.0926. The third kappa shape index (κ3) is 8.56. The number of benzene rings is 1. The minimum atomic E-state index is -0.135. The maximum atomic E-state index is 12.9. The van der Waals surface area contributed by atoms with Gasteiger partial charge in [0.15, 0.2) is 0 Å². The van der Waals surface area contributed by atoms with E-state index in [0.29, 0.717) is 23.5 Å². The third-order valence-electron chi connectivity index (χ3n) is 9.17. The van der Waals surface area contributed by atoms with Crippen molar-refractivity contribution in [3.63, 3.8) is 0 Å². The van der Waals surface area contributed by atoms with Crippen LogP contribution in [0.25, 0.3) is 11.6 Å². The Balaban J connectivity index is 0.000000219. The Bertz CT molecular complexity index is 1920. The zero-order valence-corrected chi connectivity index (χ0v) is 33.3. The van der Waals surface area contributed by atoms with E-state index in [1.165, 1.54) is 14.8 Å². The SMILES string of the molecule is CC[C@@H](C(C)C)n1ncn(-c2ccc(I)cn2)c1=O.CC[C@@H](C(C)C)n1ncn(-c2ccc(N3CCN(c4ccc(Br)cc4)CC3)cn2)c1=O. The van der Waals surface area contributed by atoms with Gasteiger partial charge in [-0.1, -0.05) is 57.5 Å². The van der Waals surface area contributed by atoms with Crippen LogP contribution in [0, 0.1) is 15.4 Å². The van der Waals surface area contributed by atoms with Crippen LogP contribution in [0.5, 0.6) is 0 Å². The lowest BCUT2D eigenvalue weighted by Crippen LogP contribution is -2.46. The van der Waals surface area contributed by atoms with Gasteiger partial charge in [-0.25, -0.2) is 38.1 Å². The Labute approximate surface area is 315 Å². The lowest BCUT2D eigenvalue weighted by molar-refractivity contribution is 0.327. The van der Waals surface area contributed by atoms with E-state index in [-0.39, 0.29) is 23.5 Å². The van der Waals surface area contributed by atoms with Gasteiger partial charge in [0.1, 0.15) is 24.3 Å². The molecule has 4 aromatic heterocycles. The van der Waals surface area contributed by atoms with Crippen LogP contribution in [0.15, 0.2) is 87.6 Å². The van der Waals surface area contributed by atoms with Gasteiger partial charge in [0.05, 0.1) is 24.0 Å². The third-order valence-corrected chi connectivity index (χ3v) is 10.3. The van der Waals surface area contributed by atoms with Crippen molar-refractivity contribution in [1.29, 1.82) is 0 Å². The summed E-state index contributed by atoms with van der Waals surface area (Å²) in [6, 6.07) is 16.4. The van der Waals surface area contributed by atoms with Gasteiger partial charge in [0, 0.05) is 46.1 Å². The van der Waals surface area contributed by atoms with Crippen LogP contribution in [0.4, 0.5) is 11.4 Å². The van der Waals surface area contributed by atoms with Crippen molar-refractivity contribution >= 4 is 49.9 Å². The van der Waals surface area contributed by atoms with Gasteiger partial charge in [-0.15, -0.1) is 0 Å². The first-order valence-electron chi connectivity index (χ1n) is 17.2. The quantitative estimate of drug-likeness (QED) is 0.142. The summed E-state index contributed by atoms with van der Waals surface area (Å²) in [4.78, 5) is 38.8. The van der Waals surface area contributed by atoms with Crippen molar-refractivity contribution in [2.45, 2.75) is 66.5 Å². The van der Waals surface area contributed by atoms with Crippen LogP contribution in [0.3, 0.4) is 0 Å². The van der Waals surface area contributed by atoms with Crippen LogP contribution in [0.1, 0.15) is 66.5 Å².